The molecule has 0 saturated carbocycles. The van der Waals surface area contributed by atoms with Crippen LogP contribution in [0.2, 0.25) is 0 Å². The summed E-state index contributed by atoms with van der Waals surface area (Å²) in [5.41, 5.74) is 1.43. The number of benzene rings is 1. The maximum Gasteiger partial charge on any atom is 0.321 e. The second kappa shape index (κ2) is 8.95. The molecule has 6 nitrogen and oxygen atoms in total. The van der Waals surface area contributed by atoms with Gasteiger partial charge in [0.2, 0.25) is 0 Å². The van der Waals surface area contributed by atoms with Crippen molar-refractivity contribution in [1.29, 1.82) is 5.26 Å². The highest BCUT2D eigenvalue weighted by atomic mass is 16.5. The maximum absolute atomic E-state index is 12.1. The number of aliphatic hydroxyl groups excluding tert-OH is 1. The number of aliphatic hydroxyl groups is 1. The molecule has 0 heterocycles. The third-order valence-corrected chi connectivity index (χ3v) is 2.99. The van der Waals surface area contributed by atoms with Gasteiger partial charge in [0.05, 0.1) is 25.2 Å². The number of carbonyl (C=O) groups excluding carboxylic acids is 1. The van der Waals surface area contributed by atoms with Crippen molar-refractivity contribution in [3.05, 3.63) is 29.8 Å². The predicted octanol–water partition coefficient (Wildman–Crippen LogP) is 2.13. The number of nitrogens with one attached hydrogen (secondary N) is 1. The van der Waals surface area contributed by atoms with Crippen molar-refractivity contribution >= 4 is 11.7 Å². The summed E-state index contributed by atoms with van der Waals surface area (Å²) in [6.45, 7) is 2.88. The van der Waals surface area contributed by atoms with Crippen molar-refractivity contribution in [3.8, 4) is 6.07 Å². The van der Waals surface area contributed by atoms with Gasteiger partial charge in [-0.1, -0.05) is 12.1 Å². The molecule has 2 N–H and O–H groups in total. The van der Waals surface area contributed by atoms with Gasteiger partial charge in [-0.25, -0.2) is 4.79 Å². The zero-order chi connectivity index (χ0) is 15.7. The summed E-state index contributed by atoms with van der Waals surface area (Å²) in [6.07, 6.45) is -0.262. The summed E-state index contributed by atoms with van der Waals surface area (Å²) in [5, 5.41) is 20.8. The van der Waals surface area contributed by atoms with E-state index in [0.29, 0.717) is 25.4 Å². The quantitative estimate of drug-likeness (QED) is 0.806. The first-order chi connectivity index (χ1) is 10.1. The Hall–Kier alpha value is -2.10. The third kappa shape index (κ3) is 5.81. The van der Waals surface area contributed by atoms with Crippen LogP contribution in [0.15, 0.2) is 24.3 Å². The number of ether oxygens (including phenoxy) is 1. The van der Waals surface area contributed by atoms with E-state index in [-0.39, 0.29) is 12.5 Å². The van der Waals surface area contributed by atoms with Gasteiger partial charge in [-0.3, -0.25) is 0 Å². The Balaban J connectivity index is 2.64. The molecular formula is C15H21N3O3. The van der Waals surface area contributed by atoms with Crippen LogP contribution in [0.1, 0.15) is 25.0 Å². The number of hydrogen-bond acceptors (Lipinski definition) is 4. The summed E-state index contributed by atoms with van der Waals surface area (Å²) < 4.78 is 4.96. The first-order valence-electron chi connectivity index (χ1n) is 6.78. The van der Waals surface area contributed by atoms with E-state index in [0.717, 1.165) is 5.56 Å². The lowest BCUT2D eigenvalue weighted by Gasteiger charge is -2.21. The van der Waals surface area contributed by atoms with E-state index in [1.807, 2.05) is 6.07 Å². The van der Waals surface area contributed by atoms with E-state index >= 15 is 0 Å². The van der Waals surface area contributed by atoms with Crippen LogP contribution in [-0.2, 0) is 4.74 Å². The lowest BCUT2D eigenvalue weighted by molar-refractivity contribution is 0.156. The van der Waals surface area contributed by atoms with E-state index in [9.17, 15) is 9.90 Å². The second-order valence-electron chi connectivity index (χ2n) is 4.62. The van der Waals surface area contributed by atoms with Crippen molar-refractivity contribution in [3.63, 3.8) is 0 Å². The minimum absolute atomic E-state index is 0.271. The smallest absolute Gasteiger partial charge is 0.321 e. The van der Waals surface area contributed by atoms with Gasteiger partial charge in [-0.2, -0.15) is 5.26 Å². The Morgan fingerprint density at radius 2 is 2.10 bits per heavy atom. The molecule has 1 unspecified atom stereocenters. The predicted molar refractivity (Wildman–Crippen MR) is 79.8 cm³/mol. The summed E-state index contributed by atoms with van der Waals surface area (Å²) in [5.74, 6) is 0. The Morgan fingerprint density at radius 1 is 1.43 bits per heavy atom. The van der Waals surface area contributed by atoms with Crippen LogP contribution in [0.3, 0.4) is 0 Å². The zero-order valence-corrected chi connectivity index (χ0v) is 12.4. The summed E-state index contributed by atoms with van der Waals surface area (Å²) in [4.78, 5) is 13.7. The van der Waals surface area contributed by atoms with E-state index in [4.69, 9.17) is 10.00 Å². The number of nitriles is 1. The number of amides is 2. The van der Waals surface area contributed by atoms with Crippen LogP contribution in [-0.4, -0.2) is 42.8 Å². The van der Waals surface area contributed by atoms with Crippen LogP contribution in [0.5, 0.6) is 0 Å². The number of hydrogen-bond donors (Lipinski definition) is 2. The molecule has 0 fully saturated rings. The number of nitrogens with zero attached hydrogens (tertiary/aromatic N) is 2. The summed E-state index contributed by atoms with van der Waals surface area (Å²) >= 11 is 0. The lowest BCUT2D eigenvalue weighted by atomic mass is 10.1. The number of anilines is 1. The van der Waals surface area contributed by atoms with Gasteiger partial charge in [0.25, 0.3) is 0 Å². The third-order valence-electron chi connectivity index (χ3n) is 2.99. The average Bonchev–Trinajstić information content (AvgIpc) is 2.47. The molecular weight excluding hydrogens is 270 g/mol. The average molecular weight is 291 g/mol. The molecule has 0 aromatic heterocycles. The molecule has 21 heavy (non-hydrogen) atoms. The molecule has 2 amide bonds. The lowest BCUT2D eigenvalue weighted by Crippen LogP contribution is -2.37. The molecule has 0 saturated heterocycles. The van der Waals surface area contributed by atoms with Gasteiger partial charge in [0.1, 0.15) is 0 Å². The van der Waals surface area contributed by atoms with Gasteiger partial charge in [0, 0.05) is 25.9 Å². The zero-order valence-electron chi connectivity index (χ0n) is 12.4. The standard InChI is InChI=1S/C15H21N3O3/c1-12(19)13-4-6-14(7-5-13)17-15(20)18(9-3-8-16)10-11-21-2/h4-7,12,19H,3,9-11H2,1-2H3,(H,17,20). The minimum atomic E-state index is -0.538. The molecule has 0 aliphatic carbocycles. The summed E-state index contributed by atoms with van der Waals surface area (Å²) in [6, 6.07) is 8.74. The molecule has 1 aromatic carbocycles. The molecule has 1 rings (SSSR count). The Morgan fingerprint density at radius 3 is 2.62 bits per heavy atom. The van der Waals surface area contributed by atoms with Crippen molar-refractivity contribution in [1.82, 2.24) is 4.90 Å². The highest BCUT2D eigenvalue weighted by Crippen LogP contribution is 2.16. The molecule has 0 spiro atoms. The molecule has 0 aliphatic heterocycles. The van der Waals surface area contributed by atoms with Crippen LogP contribution < -0.4 is 5.32 Å². The Kier molecular flexibility index (Phi) is 7.23. The monoisotopic (exact) mass is 291 g/mol. The van der Waals surface area contributed by atoms with E-state index in [1.54, 1.807) is 38.3 Å². The van der Waals surface area contributed by atoms with Gasteiger partial charge in [-0.15, -0.1) is 0 Å². The van der Waals surface area contributed by atoms with E-state index in [1.165, 1.54) is 4.90 Å². The van der Waals surface area contributed by atoms with E-state index in [2.05, 4.69) is 5.32 Å². The van der Waals surface area contributed by atoms with Crippen molar-refractivity contribution in [2.75, 3.05) is 32.1 Å². The SMILES string of the molecule is COCCN(CCC#N)C(=O)Nc1ccc(C(C)O)cc1. The van der Waals surface area contributed by atoms with Gasteiger partial charge >= 0.3 is 6.03 Å². The van der Waals surface area contributed by atoms with Crippen LogP contribution >= 0.6 is 0 Å². The van der Waals surface area contributed by atoms with Crippen LogP contribution in [0.4, 0.5) is 10.5 Å². The fraction of sp³-hybridized carbons (Fsp3) is 0.467. The molecule has 0 aliphatic rings. The molecule has 0 radical (unpaired) electrons. The molecule has 114 valence electrons. The fourth-order valence-electron chi connectivity index (χ4n) is 1.75. The molecule has 6 heteroatoms. The second-order valence-corrected chi connectivity index (χ2v) is 4.62. The van der Waals surface area contributed by atoms with Crippen LogP contribution in [0, 0.1) is 11.3 Å². The summed E-state index contributed by atoms with van der Waals surface area (Å²) in [7, 11) is 1.56. The maximum atomic E-state index is 12.1. The molecule has 1 atom stereocenters. The van der Waals surface area contributed by atoms with E-state index < -0.39 is 6.10 Å². The molecule has 0 bridgehead atoms. The number of rotatable bonds is 7. The van der Waals surface area contributed by atoms with Crippen molar-refractivity contribution in [2.45, 2.75) is 19.4 Å². The minimum Gasteiger partial charge on any atom is -0.389 e. The van der Waals surface area contributed by atoms with Gasteiger partial charge in [-0.05, 0) is 24.6 Å². The van der Waals surface area contributed by atoms with Gasteiger partial charge < -0.3 is 20.1 Å². The van der Waals surface area contributed by atoms with Crippen LogP contribution in [0.25, 0.3) is 0 Å². The van der Waals surface area contributed by atoms with Crippen molar-refractivity contribution in [2.24, 2.45) is 0 Å². The molecule has 1 aromatic rings. The number of urea groups is 1. The first kappa shape index (κ1) is 17.0. The first-order valence-corrected chi connectivity index (χ1v) is 6.78. The van der Waals surface area contributed by atoms with Crippen molar-refractivity contribution < 1.29 is 14.6 Å². The largest absolute Gasteiger partial charge is 0.389 e. The normalized spacial score (nSPS) is 11.5. The number of methoxy groups -OCH3 is 1. The fourth-order valence-corrected chi connectivity index (χ4v) is 1.75. The topological polar surface area (TPSA) is 85.6 Å². The Labute approximate surface area is 124 Å². The van der Waals surface area contributed by atoms with Gasteiger partial charge in [0.15, 0.2) is 0 Å². The number of carbonyl (C=O) groups is 1. The highest BCUT2D eigenvalue weighted by molar-refractivity contribution is 5.89. The highest BCUT2D eigenvalue weighted by Gasteiger charge is 2.13. The Bertz CT molecular complexity index is 480.